The lowest BCUT2D eigenvalue weighted by Crippen LogP contribution is -2.18. The standard InChI is InChI=1S/C16H23F3O2/c1-11(2)8-9-20-14-10-12(21-16(17,18)19)6-7-13(14)15(3,4)5/h6-7,10-11H,8-9H2,1-5H3. The molecule has 5 heteroatoms. The van der Waals surface area contributed by atoms with Crippen molar-refractivity contribution in [2.45, 2.75) is 52.8 Å². The molecule has 0 aromatic heterocycles. The van der Waals surface area contributed by atoms with Crippen molar-refractivity contribution in [1.82, 2.24) is 0 Å². The SMILES string of the molecule is CC(C)CCOc1cc(OC(F)(F)F)ccc1C(C)(C)C. The van der Waals surface area contributed by atoms with Gasteiger partial charge in [-0.25, -0.2) is 0 Å². The van der Waals surface area contributed by atoms with Crippen LogP contribution in [0.15, 0.2) is 18.2 Å². The quantitative estimate of drug-likeness (QED) is 0.734. The normalized spacial score (nSPS) is 12.6. The highest BCUT2D eigenvalue weighted by atomic mass is 19.4. The molecule has 1 aromatic rings. The molecule has 0 aliphatic carbocycles. The van der Waals surface area contributed by atoms with Gasteiger partial charge in [-0.2, -0.15) is 0 Å². The van der Waals surface area contributed by atoms with E-state index in [2.05, 4.69) is 18.6 Å². The molecule has 0 aliphatic rings. The Bertz CT molecular complexity index is 460. The second kappa shape index (κ2) is 6.58. The van der Waals surface area contributed by atoms with Gasteiger partial charge in [0.25, 0.3) is 0 Å². The molecule has 0 saturated carbocycles. The fourth-order valence-corrected chi connectivity index (χ4v) is 1.84. The highest BCUT2D eigenvalue weighted by Gasteiger charge is 2.31. The zero-order valence-electron chi connectivity index (χ0n) is 13.2. The minimum atomic E-state index is -4.70. The molecule has 2 nitrogen and oxygen atoms in total. The minimum absolute atomic E-state index is 0.218. The Hall–Kier alpha value is -1.39. The Morgan fingerprint density at radius 1 is 1.10 bits per heavy atom. The number of rotatable bonds is 5. The molecule has 0 heterocycles. The first-order valence-electron chi connectivity index (χ1n) is 7.02. The van der Waals surface area contributed by atoms with Crippen molar-refractivity contribution in [1.29, 1.82) is 0 Å². The van der Waals surface area contributed by atoms with Gasteiger partial charge in [0.15, 0.2) is 0 Å². The molecule has 0 saturated heterocycles. The van der Waals surface area contributed by atoms with E-state index in [1.165, 1.54) is 12.1 Å². The summed E-state index contributed by atoms with van der Waals surface area (Å²) in [5.41, 5.74) is 0.644. The van der Waals surface area contributed by atoms with Crippen LogP contribution in [0.25, 0.3) is 0 Å². The van der Waals surface area contributed by atoms with E-state index < -0.39 is 6.36 Å². The van der Waals surface area contributed by atoms with Crippen LogP contribution in [0.1, 0.15) is 46.6 Å². The summed E-state index contributed by atoms with van der Waals surface area (Å²) in [4.78, 5) is 0. The van der Waals surface area contributed by atoms with Crippen LogP contribution < -0.4 is 9.47 Å². The van der Waals surface area contributed by atoms with Crippen molar-refractivity contribution < 1.29 is 22.6 Å². The first kappa shape index (κ1) is 17.7. The van der Waals surface area contributed by atoms with Crippen molar-refractivity contribution in [2.75, 3.05) is 6.61 Å². The number of ether oxygens (including phenoxy) is 2. The zero-order chi connectivity index (χ0) is 16.3. The summed E-state index contributed by atoms with van der Waals surface area (Å²) in [5, 5.41) is 0. The second-order valence-corrected chi connectivity index (χ2v) is 6.49. The molecule has 0 atom stereocenters. The van der Waals surface area contributed by atoms with Crippen LogP contribution >= 0.6 is 0 Å². The van der Waals surface area contributed by atoms with Gasteiger partial charge in [-0.15, -0.1) is 13.2 Å². The summed E-state index contributed by atoms with van der Waals surface area (Å²) >= 11 is 0. The van der Waals surface area contributed by atoms with Gasteiger partial charge < -0.3 is 9.47 Å². The van der Waals surface area contributed by atoms with Gasteiger partial charge in [-0.05, 0) is 29.4 Å². The third kappa shape index (κ3) is 6.27. The van der Waals surface area contributed by atoms with E-state index in [1.54, 1.807) is 6.07 Å². The number of hydrogen-bond acceptors (Lipinski definition) is 2. The van der Waals surface area contributed by atoms with Crippen molar-refractivity contribution >= 4 is 0 Å². The Labute approximate surface area is 124 Å². The smallest absolute Gasteiger partial charge is 0.493 e. The molecule has 21 heavy (non-hydrogen) atoms. The molecule has 120 valence electrons. The van der Waals surface area contributed by atoms with Gasteiger partial charge in [0, 0.05) is 6.07 Å². The molecule has 0 N–H and O–H groups in total. The molecule has 0 fully saturated rings. The van der Waals surface area contributed by atoms with Crippen LogP contribution in [0.5, 0.6) is 11.5 Å². The molecule has 0 bridgehead atoms. The van der Waals surface area contributed by atoms with Gasteiger partial charge in [-0.1, -0.05) is 40.7 Å². The number of benzene rings is 1. The molecule has 1 rings (SSSR count). The summed E-state index contributed by atoms with van der Waals surface area (Å²) in [6, 6.07) is 4.27. The fourth-order valence-electron chi connectivity index (χ4n) is 1.84. The predicted molar refractivity (Wildman–Crippen MR) is 76.8 cm³/mol. The molecular weight excluding hydrogens is 281 g/mol. The van der Waals surface area contributed by atoms with Crippen molar-refractivity contribution in [3.8, 4) is 11.5 Å². The van der Waals surface area contributed by atoms with E-state index in [-0.39, 0.29) is 11.2 Å². The molecule has 0 spiro atoms. The summed E-state index contributed by atoms with van der Waals surface area (Å²) in [6.07, 6.45) is -3.85. The van der Waals surface area contributed by atoms with Crippen LogP contribution in [0.3, 0.4) is 0 Å². The van der Waals surface area contributed by atoms with Crippen molar-refractivity contribution in [2.24, 2.45) is 5.92 Å². The average Bonchev–Trinajstić information content (AvgIpc) is 2.24. The highest BCUT2D eigenvalue weighted by Crippen LogP contribution is 2.35. The van der Waals surface area contributed by atoms with Crippen LogP contribution in [-0.4, -0.2) is 13.0 Å². The molecule has 0 radical (unpaired) electrons. The van der Waals surface area contributed by atoms with Crippen LogP contribution in [0.2, 0.25) is 0 Å². The number of halogens is 3. The van der Waals surface area contributed by atoms with Gasteiger partial charge in [0.1, 0.15) is 11.5 Å². The van der Waals surface area contributed by atoms with Gasteiger partial charge in [0.05, 0.1) is 6.61 Å². The maximum Gasteiger partial charge on any atom is 0.573 e. The summed E-state index contributed by atoms with van der Waals surface area (Å²) in [5.74, 6) is 0.664. The number of alkyl halides is 3. The first-order valence-corrected chi connectivity index (χ1v) is 7.02. The molecular formula is C16H23F3O2. The Balaban J connectivity index is 2.99. The maximum absolute atomic E-state index is 12.3. The summed E-state index contributed by atoms with van der Waals surface area (Å²) in [6.45, 7) is 10.6. The lowest BCUT2D eigenvalue weighted by atomic mass is 9.86. The van der Waals surface area contributed by atoms with Gasteiger partial charge >= 0.3 is 6.36 Å². The van der Waals surface area contributed by atoms with Crippen LogP contribution in [0.4, 0.5) is 13.2 Å². The van der Waals surface area contributed by atoms with Crippen LogP contribution in [-0.2, 0) is 5.41 Å². The average molecular weight is 304 g/mol. The highest BCUT2D eigenvalue weighted by molar-refractivity contribution is 5.44. The van der Waals surface area contributed by atoms with E-state index in [0.717, 1.165) is 12.0 Å². The van der Waals surface area contributed by atoms with Crippen LogP contribution in [0, 0.1) is 5.92 Å². The first-order chi connectivity index (χ1) is 9.49. The van der Waals surface area contributed by atoms with Gasteiger partial charge in [-0.3, -0.25) is 0 Å². The predicted octanol–water partition coefficient (Wildman–Crippen LogP) is 5.31. The lowest BCUT2D eigenvalue weighted by molar-refractivity contribution is -0.274. The number of hydrogen-bond donors (Lipinski definition) is 0. The Kier molecular flexibility index (Phi) is 5.54. The Morgan fingerprint density at radius 2 is 1.71 bits per heavy atom. The van der Waals surface area contributed by atoms with E-state index >= 15 is 0 Å². The molecule has 0 amide bonds. The largest absolute Gasteiger partial charge is 0.573 e. The van der Waals surface area contributed by atoms with Crippen molar-refractivity contribution in [3.63, 3.8) is 0 Å². The third-order valence-electron chi connectivity index (χ3n) is 2.95. The topological polar surface area (TPSA) is 18.5 Å². The molecule has 1 aromatic carbocycles. The van der Waals surface area contributed by atoms with Gasteiger partial charge in [0.2, 0.25) is 0 Å². The van der Waals surface area contributed by atoms with E-state index in [4.69, 9.17) is 4.74 Å². The molecule has 0 aliphatic heterocycles. The zero-order valence-corrected chi connectivity index (χ0v) is 13.2. The van der Waals surface area contributed by atoms with Crippen molar-refractivity contribution in [3.05, 3.63) is 23.8 Å². The lowest BCUT2D eigenvalue weighted by Gasteiger charge is -2.24. The summed E-state index contributed by atoms with van der Waals surface area (Å²) in [7, 11) is 0. The minimum Gasteiger partial charge on any atom is -0.493 e. The molecule has 0 unspecified atom stereocenters. The van der Waals surface area contributed by atoms with E-state index in [9.17, 15) is 13.2 Å². The van der Waals surface area contributed by atoms with E-state index in [1.807, 2.05) is 20.8 Å². The fraction of sp³-hybridized carbons (Fsp3) is 0.625. The maximum atomic E-state index is 12.3. The Morgan fingerprint density at radius 3 is 2.19 bits per heavy atom. The summed E-state index contributed by atoms with van der Waals surface area (Å²) < 4.78 is 46.5. The van der Waals surface area contributed by atoms with E-state index in [0.29, 0.717) is 18.3 Å². The monoisotopic (exact) mass is 304 g/mol. The second-order valence-electron chi connectivity index (χ2n) is 6.49. The third-order valence-corrected chi connectivity index (χ3v) is 2.95.